The Morgan fingerprint density at radius 2 is 2.17 bits per heavy atom. The van der Waals surface area contributed by atoms with Crippen LogP contribution in [0, 0.1) is 12.7 Å². The van der Waals surface area contributed by atoms with Crippen LogP contribution in [0.1, 0.15) is 11.1 Å². The van der Waals surface area contributed by atoms with Crippen molar-refractivity contribution in [3.63, 3.8) is 0 Å². The minimum absolute atomic E-state index is 0.281. The third kappa shape index (κ3) is 1.56. The van der Waals surface area contributed by atoms with Crippen LogP contribution in [-0.4, -0.2) is 12.2 Å². The summed E-state index contributed by atoms with van der Waals surface area (Å²) in [7, 11) is 1.49. The van der Waals surface area contributed by atoms with Crippen LogP contribution in [0.3, 0.4) is 0 Å². The van der Waals surface area contributed by atoms with Gasteiger partial charge in [-0.2, -0.15) is 0 Å². The Labute approximate surface area is 70.6 Å². The number of benzene rings is 1. The first-order valence-corrected chi connectivity index (χ1v) is 3.63. The number of aliphatic hydroxyl groups is 1. The number of hydrogen-bond acceptors (Lipinski definition) is 2. The smallest absolute Gasteiger partial charge is 0.132 e. The van der Waals surface area contributed by atoms with E-state index >= 15 is 0 Å². The summed E-state index contributed by atoms with van der Waals surface area (Å²) >= 11 is 0. The summed E-state index contributed by atoms with van der Waals surface area (Å²) in [5.74, 6) is 0.0738. The molecule has 0 unspecified atom stereocenters. The van der Waals surface area contributed by atoms with E-state index in [0.29, 0.717) is 11.3 Å². The minimum atomic E-state index is -0.431. The molecule has 0 fully saturated rings. The maximum Gasteiger partial charge on any atom is 0.132 e. The number of aryl methyl sites for hydroxylation is 1. The fourth-order valence-electron chi connectivity index (χ4n) is 1.06. The highest BCUT2D eigenvalue weighted by Gasteiger charge is 2.05. The van der Waals surface area contributed by atoms with Gasteiger partial charge in [-0.3, -0.25) is 0 Å². The first kappa shape index (κ1) is 9.00. The molecule has 0 atom stereocenters. The molecular weight excluding hydrogens is 159 g/mol. The van der Waals surface area contributed by atoms with Gasteiger partial charge in [0.25, 0.3) is 0 Å². The van der Waals surface area contributed by atoms with Crippen LogP contribution in [0.4, 0.5) is 4.39 Å². The summed E-state index contributed by atoms with van der Waals surface area (Å²) in [6.07, 6.45) is 0. The van der Waals surface area contributed by atoms with Gasteiger partial charge in [-0.05, 0) is 18.6 Å². The van der Waals surface area contributed by atoms with Gasteiger partial charge in [0.1, 0.15) is 11.6 Å². The van der Waals surface area contributed by atoms with Gasteiger partial charge < -0.3 is 9.84 Å². The second-order valence-electron chi connectivity index (χ2n) is 2.57. The molecule has 0 amide bonds. The minimum Gasteiger partial charge on any atom is -0.496 e. The molecule has 0 spiro atoms. The Hall–Kier alpha value is -1.09. The molecule has 0 aromatic heterocycles. The molecular formula is C9H11FO2. The molecule has 66 valence electrons. The first-order chi connectivity index (χ1) is 5.69. The molecule has 0 aliphatic rings. The topological polar surface area (TPSA) is 29.5 Å². The molecule has 0 aliphatic carbocycles. The zero-order chi connectivity index (χ0) is 9.14. The Morgan fingerprint density at radius 3 is 2.67 bits per heavy atom. The van der Waals surface area contributed by atoms with Crippen molar-refractivity contribution in [3.8, 4) is 5.75 Å². The van der Waals surface area contributed by atoms with Crippen molar-refractivity contribution >= 4 is 0 Å². The fraction of sp³-hybridized carbons (Fsp3) is 0.333. The van der Waals surface area contributed by atoms with Crippen molar-refractivity contribution in [2.24, 2.45) is 0 Å². The third-order valence-corrected chi connectivity index (χ3v) is 1.73. The fourth-order valence-corrected chi connectivity index (χ4v) is 1.06. The van der Waals surface area contributed by atoms with E-state index in [1.807, 2.05) is 0 Å². The molecule has 0 radical (unpaired) electrons. The van der Waals surface area contributed by atoms with E-state index in [0.717, 1.165) is 5.56 Å². The highest BCUT2D eigenvalue weighted by molar-refractivity contribution is 5.36. The van der Waals surface area contributed by atoms with Gasteiger partial charge in [0.05, 0.1) is 13.7 Å². The van der Waals surface area contributed by atoms with Crippen molar-refractivity contribution in [1.29, 1.82) is 0 Å². The molecule has 0 bridgehead atoms. The Kier molecular flexibility index (Phi) is 2.65. The first-order valence-electron chi connectivity index (χ1n) is 3.63. The van der Waals surface area contributed by atoms with E-state index < -0.39 is 5.82 Å². The van der Waals surface area contributed by atoms with Crippen molar-refractivity contribution < 1.29 is 14.2 Å². The molecule has 1 N–H and O–H groups in total. The van der Waals surface area contributed by atoms with Gasteiger partial charge in [-0.15, -0.1) is 0 Å². The van der Waals surface area contributed by atoms with Gasteiger partial charge in [-0.1, -0.05) is 0 Å². The van der Waals surface area contributed by atoms with Crippen molar-refractivity contribution in [3.05, 3.63) is 29.1 Å². The third-order valence-electron chi connectivity index (χ3n) is 1.73. The van der Waals surface area contributed by atoms with Crippen LogP contribution in [0.5, 0.6) is 5.75 Å². The zero-order valence-corrected chi connectivity index (χ0v) is 7.10. The van der Waals surface area contributed by atoms with Gasteiger partial charge in [0.2, 0.25) is 0 Å². The largest absolute Gasteiger partial charge is 0.496 e. The van der Waals surface area contributed by atoms with Crippen molar-refractivity contribution in [2.45, 2.75) is 13.5 Å². The summed E-state index contributed by atoms with van der Waals surface area (Å²) < 4.78 is 17.9. The number of halogens is 1. The summed E-state index contributed by atoms with van der Waals surface area (Å²) in [4.78, 5) is 0. The van der Waals surface area contributed by atoms with E-state index in [4.69, 9.17) is 9.84 Å². The highest BCUT2D eigenvalue weighted by atomic mass is 19.1. The van der Waals surface area contributed by atoms with Gasteiger partial charge in [-0.25, -0.2) is 4.39 Å². The lowest BCUT2D eigenvalue weighted by molar-refractivity contribution is 0.275. The monoisotopic (exact) mass is 170 g/mol. The molecule has 0 saturated heterocycles. The van der Waals surface area contributed by atoms with Crippen LogP contribution in [-0.2, 0) is 6.61 Å². The SMILES string of the molecule is COc1cc(F)c(CO)cc1C. The number of hydrogen-bond donors (Lipinski definition) is 1. The van der Waals surface area contributed by atoms with Gasteiger partial charge in [0, 0.05) is 11.6 Å². The van der Waals surface area contributed by atoms with Crippen molar-refractivity contribution in [1.82, 2.24) is 0 Å². The lowest BCUT2D eigenvalue weighted by atomic mass is 10.1. The molecule has 0 heterocycles. The average molecular weight is 170 g/mol. The summed E-state index contributed by atoms with van der Waals surface area (Å²) in [5, 5.41) is 8.73. The zero-order valence-electron chi connectivity index (χ0n) is 7.10. The predicted octanol–water partition coefficient (Wildman–Crippen LogP) is 1.64. The summed E-state index contributed by atoms with van der Waals surface area (Å²) in [6.45, 7) is 1.52. The van der Waals surface area contributed by atoms with Crippen LogP contribution >= 0.6 is 0 Å². The number of ether oxygens (including phenoxy) is 1. The van der Waals surface area contributed by atoms with Gasteiger partial charge in [0.15, 0.2) is 0 Å². The lowest BCUT2D eigenvalue weighted by Gasteiger charge is -2.06. The quantitative estimate of drug-likeness (QED) is 0.731. The van der Waals surface area contributed by atoms with Crippen LogP contribution in [0.25, 0.3) is 0 Å². The highest BCUT2D eigenvalue weighted by Crippen LogP contribution is 2.21. The molecule has 1 aromatic carbocycles. The molecule has 0 aliphatic heterocycles. The van der Waals surface area contributed by atoms with Crippen LogP contribution in [0.2, 0.25) is 0 Å². The van der Waals surface area contributed by atoms with E-state index in [9.17, 15) is 4.39 Å². The number of aliphatic hydroxyl groups excluding tert-OH is 1. The van der Waals surface area contributed by atoms with Crippen LogP contribution in [0.15, 0.2) is 12.1 Å². The maximum absolute atomic E-state index is 13.0. The number of rotatable bonds is 2. The Bertz CT molecular complexity index is 254. The lowest BCUT2D eigenvalue weighted by Crippen LogP contribution is -1.94. The second kappa shape index (κ2) is 3.54. The Morgan fingerprint density at radius 1 is 1.50 bits per heavy atom. The Balaban J connectivity index is 3.16. The number of methoxy groups -OCH3 is 1. The van der Waals surface area contributed by atoms with Crippen molar-refractivity contribution in [2.75, 3.05) is 7.11 Å². The normalized spacial score (nSPS) is 10.0. The standard InChI is InChI=1S/C9H11FO2/c1-6-3-7(5-11)8(10)4-9(6)12-2/h3-4,11H,5H2,1-2H3. The molecule has 1 aromatic rings. The summed E-state index contributed by atoms with van der Waals surface area (Å²) in [5.41, 5.74) is 1.12. The van der Waals surface area contributed by atoms with E-state index in [-0.39, 0.29) is 6.61 Å². The maximum atomic E-state index is 13.0. The average Bonchev–Trinajstić information content (AvgIpc) is 2.08. The second-order valence-corrected chi connectivity index (χ2v) is 2.57. The molecule has 0 saturated carbocycles. The van der Waals surface area contributed by atoms with Gasteiger partial charge >= 0.3 is 0 Å². The van der Waals surface area contributed by atoms with E-state index in [2.05, 4.69) is 0 Å². The van der Waals surface area contributed by atoms with E-state index in [1.54, 1.807) is 13.0 Å². The molecule has 3 heteroatoms. The predicted molar refractivity (Wildman–Crippen MR) is 43.6 cm³/mol. The molecule has 12 heavy (non-hydrogen) atoms. The van der Waals surface area contributed by atoms with E-state index in [1.165, 1.54) is 13.2 Å². The summed E-state index contributed by atoms with van der Waals surface area (Å²) in [6, 6.07) is 2.86. The molecule has 1 rings (SSSR count). The molecule has 2 nitrogen and oxygen atoms in total. The van der Waals surface area contributed by atoms with Crippen LogP contribution < -0.4 is 4.74 Å².